The molecule has 0 unspecified atom stereocenters. The van der Waals surface area contributed by atoms with Crippen LogP contribution in [0.15, 0.2) is 72.1 Å². The van der Waals surface area contributed by atoms with Crippen molar-refractivity contribution >= 4 is 42.8 Å². The number of hydrogen-bond donors (Lipinski definition) is 1. The number of sulfone groups is 1. The molecule has 0 radical (unpaired) electrons. The van der Waals surface area contributed by atoms with Crippen LogP contribution in [0.1, 0.15) is 47.9 Å². The van der Waals surface area contributed by atoms with E-state index in [-0.39, 0.29) is 23.8 Å². The minimum Gasteiger partial charge on any atom is -0.489 e. The zero-order valence-electron chi connectivity index (χ0n) is 22.4. The molecule has 2 heterocycles. The predicted molar refractivity (Wildman–Crippen MR) is 162 cm³/mol. The fourth-order valence-corrected chi connectivity index (χ4v) is 7.12. The Morgan fingerprint density at radius 2 is 1.88 bits per heavy atom. The summed E-state index contributed by atoms with van der Waals surface area (Å²) in [5.74, 6) is 5.71. The van der Waals surface area contributed by atoms with E-state index >= 15 is 0 Å². The number of allylic oxidation sites excluding steroid dienone is 1. The zero-order valence-corrected chi connectivity index (χ0v) is 24.1. The van der Waals surface area contributed by atoms with Gasteiger partial charge in [-0.3, -0.25) is 4.79 Å². The minimum absolute atomic E-state index is 0.0237. The number of aliphatic carboxylic acids is 1. The first kappa shape index (κ1) is 27.7. The van der Waals surface area contributed by atoms with Gasteiger partial charge in [-0.2, -0.15) is 0 Å². The summed E-state index contributed by atoms with van der Waals surface area (Å²) >= 11 is 1.70. The van der Waals surface area contributed by atoms with E-state index in [1.165, 1.54) is 4.70 Å². The van der Waals surface area contributed by atoms with E-state index in [2.05, 4.69) is 54.5 Å². The molecule has 0 amide bonds. The lowest BCUT2D eigenvalue weighted by atomic mass is 9.94. The van der Waals surface area contributed by atoms with Crippen molar-refractivity contribution in [1.82, 2.24) is 0 Å². The highest BCUT2D eigenvalue weighted by molar-refractivity contribution is 7.91. The third-order valence-corrected chi connectivity index (χ3v) is 9.65. The van der Waals surface area contributed by atoms with E-state index in [9.17, 15) is 18.3 Å². The highest BCUT2D eigenvalue weighted by Gasteiger charge is 2.19. The molecule has 1 N–H and O–H groups in total. The molecule has 4 aromatic rings. The van der Waals surface area contributed by atoms with Crippen molar-refractivity contribution in [1.29, 1.82) is 0 Å². The van der Waals surface area contributed by atoms with Gasteiger partial charge in [-0.25, -0.2) is 8.42 Å². The van der Waals surface area contributed by atoms with E-state index < -0.39 is 15.8 Å². The van der Waals surface area contributed by atoms with Crippen molar-refractivity contribution in [3.05, 3.63) is 94.4 Å². The maximum atomic E-state index is 11.8. The highest BCUT2D eigenvalue weighted by Crippen LogP contribution is 2.38. The second-order valence-corrected chi connectivity index (χ2v) is 13.1. The standard InChI is InChI=1S/C33H30O5S2/c1-3-4-26(18-33(34)35)24-7-5-23(6-8-24)20-38-28-10-12-32-30(19-28)31(21-39-32)29-11-9-27(17-22(29)2)25-13-15-40(36,37)16-14-25/h5-13,17,19,21,26H,14-16,18,20H2,1-2H3,(H,34,35)/t26-/m0/s1. The third kappa shape index (κ3) is 6.30. The Hall–Kier alpha value is -3.86. The molecule has 1 aromatic heterocycles. The van der Waals surface area contributed by atoms with Gasteiger partial charge >= 0.3 is 5.97 Å². The summed E-state index contributed by atoms with van der Waals surface area (Å²) in [6.45, 7) is 4.21. The van der Waals surface area contributed by atoms with Gasteiger partial charge in [0.25, 0.3) is 0 Å². The molecule has 5 nitrogen and oxygen atoms in total. The number of carbonyl (C=O) groups is 1. The number of aryl methyl sites for hydroxylation is 1. The van der Waals surface area contributed by atoms with Crippen molar-refractivity contribution in [3.8, 4) is 28.7 Å². The summed E-state index contributed by atoms with van der Waals surface area (Å²) in [5, 5.41) is 12.5. The minimum atomic E-state index is -2.95. The van der Waals surface area contributed by atoms with Crippen LogP contribution in [0, 0.1) is 18.8 Å². The maximum absolute atomic E-state index is 11.8. The predicted octanol–water partition coefficient (Wildman–Crippen LogP) is 7.24. The summed E-state index contributed by atoms with van der Waals surface area (Å²) in [7, 11) is -2.95. The first-order valence-corrected chi connectivity index (χ1v) is 15.8. The second kappa shape index (κ2) is 11.7. The Kier molecular flexibility index (Phi) is 8.11. The molecule has 5 rings (SSSR count). The van der Waals surface area contributed by atoms with Gasteiger partial charge in [-0.15, -0.1) is 17.3 Å². The largest absolute Gasteiger partial charge is 0.489 e. The van der Waals surface area contributed by atoms with Crippen molar-refractivity contribution in [2.75, 3.05) is 11.5 Å². The van der Waals surface area contributed by atoms with E-state index in [1.807, 2.05) is 36.4 Å². The van der Waals surface area contributed by atoms with Gasteiger partial charge in [-0.1, -0.05) is 54.5 Å². The van der Waals surface area contributed by atoms with Gasteiger partial charge in [0.05, 0.1) is 23.8 Å². The molecule has 0 bridgehead atoms. The molecule has 0 fully saturated rings. The van der Waals surface area contributed by atoms with E-state index in [0.29, 0.717) is 13.0 Å². The number of carboxylic acids is 1. The van der Waals surface area contributed by atoms with Gasteiger partial charge in [0, 0.05) is 15.6 Å². The Labute approximate surface area is 239 Å². The van der Waals surface area contributed by atoms with Crippen LogP contribution in [0.3, 0.4) is 0 Å². The summed E-state index contributed by atoms with van der Waals surface area (Å²) in [6.07, 6.45) is 2.38. The Balaban J connectivity index is 1.33. The quantitative estimate of drug-likeness (QED) is 0.226. The lowest BCUT2D eigenvalue weighted by Crippen LogP contribution is -2.14. The zero-order chi connectivity index (χ0) is 28.3. The van der Waals surface area contributed by atoms with Gasteiger partial charge < -0.3 is 9.84 Å². The van der Waals surface area contributed by atoms with Crippen LogP contribution in [0.2, 0.25) is 0 Å². The highest BCUT2D eigenvalue weighted by atomic mass is 32.2. The number of benzene rings is 3. The summed E-state index contributed by atoms with van der Waals surface area (Å²) in [5.41, 5.74) is 7.51. The molecule has 1 atom stereocenters. The summed E-state index contributed by atoms with van der Waals surface area (Å²) in [4.78, 5) is 11.2. The molecule has 204 valence electrons. The fraction of sp³-hybridized carbons (Fsp3) is 0.242. The fourth-order valence-electron chi connectivity index (χ4n) is 5.03. The summed E-state index contributed by atoms with van der Waals surface area (Å²) < 4.78 is 30.9. The van der Waals surface area contributed by atoms with Crippen LogP contribution in [0.5, 0.6) is 5.75 Å². The van der Waals surface area contributed by atoms with E-state index in [1.54, 1.807) is 18.3 Å². The number of carboxylic acid groups (broad SMARTS) is 1. The molecule has 0 spiro atoms. The smallest absolute Gasteiger partial charge is 0.304 e. The molecule has 1 aliphatic heterocycles. The third-order valence-electron chi connectivity index (χ3n) is 7.18. The Bertz CT molecular complexity index is 1770. The average molecular weight is 571 g/mol. The van der Waals surface area contributed by atoms with Crippen LogP contribution < -0.4 is 4.74 Å². The van der Waals surface area contributed by atoms with Crippen LogP contribution in [-0.4, -0.2) is 31.0 Å². The molecule has 40 heavy (non-hydrogen) atoms. The first-order chi connectivity index (χ1) is 19.2. The van der Waals surface area contributed by atoms with Crippen LogP contribution in [-0.2, 0) is 21.2 Å². The van der Waals surface area contributed by atoms with Gasteiger partial charge in [0.15, 0.2) is 9.84 Å². The average Bonchev–Trinajstić information content (AvgIpc) is 3.35. The van der Waals surface area contributed by atoms with Crippen molar-refractivity contribution in [2.45, 2.75) is 39.2 Å². The van der Waals surface area contributed by atoms with Crippen molar-refractivity contribution in [3.63, 3.8) is 0 Å². The number of rotatable bonds is 8. The molecular weight excluding hydrogens is 540 g/mol. The monoisotopic (exact) mass is 570 g/mol. The molecule has 3 aromatic carbocycles. The van der Waals surface area contributed by atoms with Gasteiger partial charge in [0.1, 0.15) is 12.4 Å². The van der Waals surface area contributed by atoms with E-state index in [4.69, 9.17) is 4.74 Å². The molecule has 7 heteroatoms. The van der Waals surface area contributed by atoms with E-state index in [0.717, 1.165) is 50.1 Å². The van der Waals surface area contributed by atoms with Crippen LogP contribution in [0.4, 0.5) is 0 Å². The molecule has 0 saturated heterocycles. The molecule has 1 aliphatic rings. The van der Waals surface area contributed by atoms with Gasteiger partial charge in [0.2, 0.25) is 0 Å². The number of fused-ring (bicyclic) bond motifs is 1. The topological polar surface area (TPSA) is 80.7 Å². The number of hydrogen-bond acceptors (Lipinski definition) is 5. The lowest BCUT2D eigenvalue weighted by Gasteiger charge is -2.15. The second-order valence-electron chi connectivity index (χ2n) is 10.0. The van der Waals surface area contributed by atoms with Crippen LogP contribution >= 0.6 is 11.3 Å². The first-order valence-electron chi connectivity index (χ1n) is 13.1. The van der Waals surface area contributed by atoms with Gasteiger partial charge in [-0.05, 0) is 77.2 Å². The Morgan fingerprint density at radius 3 is 2.55 bits per heavy atom. The summed E-state index contributed by atoms with van der Waals surface area (Å²) in [6, 6.07) is 20.3. The molecule has 0 aliphatic carbocycles. The lowest BCUT2D eigenvalue weighted by molar-refractivity contribution is -0.137. The number of ether oxygens (including phenoxy) is 1. The molecular formula is C33H30O5S2. The maximum Gasteiger partial charge on any atom is 0.304 e. The normalized spacial score (nSPS) is 15.1. The Morgan fingerprint density at radius 1 is 1.07 bits per heavy atom. The van der Waals surface area contributed by atoms with Crippen molar-refractivity contribution < 1.29 is 23.1 Å². The SMILES string of the molecule is CC#C[C@@H](CC(=O)O)c1ccc(COc2ccc3scc(-c4ccc(C5=CCS(=O)(=O)CC5)cc4C)c3c2)cc1. The van der Waals surface area contributed by atoms with Crippen molar-refractivity contribution in [2.24, 2.45) is 0 Å². The number of thiophene rings is 1. The van der Waals surface area contributed by atoms with Crippen LogP contribution in [0.25, 0.3) is 26.8 Å². The molecule has 0 saturated carbocycles.